The van der Waals surface area contributed by atoms with Gasteiger partial charge in [-0.2, -0.15) is 0 Å². The molecule has 0 spiro atoms. The lowest BCUT2D eigenvalue weighted by molar-refractivity contribution is -0.118. The summed E-state index contributed by atoms with van der Waals surface area (Å²) in [6.07, 6.45) is 2.78. The quantitative estimate of drug-likeness (QED) is 0.606. The predicted octanol–water partition coefficient (Wildman–Crippen LogP) is 0.0356. The van der Waals surface area contributed by atoms with Crippen LogP contribution >= 0.6 is 12.4 Å². The van der Waals surface area contributed by atoms with Crippen molar-refractivity contribution in [1.29, 1.82) is 0 Å². The minimum absolute atomic E-state index is 0. The van der Waals surface area contributed by atoms with Gasteiger partial charge >= 0.3 is 0 Å². The number of carbonyl (C=O) groups excluding carboxylic acids is 1. The average molecular weight is 165 g/mol. The Bertz CT molecular complexity index is 112. The van der Waals surface area contributed by atoms with E-state index in [1.54, 1.807) is 0 Å². The fourth-order valence-electron chi connectivity index (χ4n) is 1.17. The number of nitrogens with one attached hydrogen (secondary N) is 1. The monoisotopic (exact) mass is 164 g/mol. The van der Waals surface area contributed by atoms with Gasteiger partial charge in [-0.15, -0.1) is 12.4 Å². The summed E-state index contributed by atoms with van der Waals surface area (Å²) < 4.78 is 0. The maximum Gasteiger partial charge on any atom is 0.218 e. The fourth-order valence-corrected chi connectivity index (χ4v) is 1.17. The van der Waals surface area contributed by atoms with E-state index < -0.39 is 0 Å². The molecular formula is C6H13ClN2O. The van der Waals surface area contributed by atoms with Crippen LogP contribution in [0.4, 0.5) is 0 Å². The molecule has 0 saturated carbocycles. The molecule has 0 unspecified atom stereocenters. The second-order valence-electron chi connectivity index (χ2n) is 2.46. The van der Waals surface area contributed by atoms with Crippen LogP contribution in [0.15, 0.2) is 0 Å². The van der Waals surface area contributed by atoms with Crippen LogP contribution in [0, 0.1) is 0 Å². The molecule has 3 N–H and O–H groups in total. The van der Waals surface area contributed by atoms with Crippen LogP contribution in [0.1, 0.15) is 19.3 Å². The van der Waals surface area contributed by atoms with Crippen molar-refractivity contribution >= 4 is 18.3 Å². The van der Waals surface area contributed by atoms with Crippen molar-refractivity contribution in [1.82, 2.24) is 5.32 Å². The molecule has 60 valence electrons. The molecule has 0 aromatic heterocycles. The van der Waals surface area contributed by atoms with E-state index in [9.17, 15) is 4.79 Å². The molecule has 1 rings (SSSR count). The lowest BCUT2D eigenvalue weighted by atomic mass is 10.1. The Balaban J connectivity index is 0.000000810. The molecule has 0 aromatic rings. The van der Waals surface area contributed by atoms with E-state index >= 15 is 0 Å². The lowest BCUT2D eigenvalue weighted by Gasteiger charge is -2.04. The first-order valence-electron chi connectivity index (χ1n) is 3.31. The van der Waals surface area contributed by atoms with Gasteiger partial charge in [0.15, 0.2) is 0 Å². The van der Waals surface area contributed by atoms with Gasteiger partial charge in [0.25, 0.3) is 0 Å². The molecule has 10 heavy (non-hydrogen) atoms. The molecule has 0 radical (unpaired) electrons. The number of hydrogen-bond donors (Lipinski definition) is 2. The van der Waals surface area contributed by atoms with E-state index in [-0.39, 0.29) is 18.3 Å². The molecule has 1 atom stereocenters. The first-order chi connectivity index (χ1) is 4.29. The van der Waals surface area contributed by atoms with Crippen LogP contribution in [0.3, 0.4) is 0 Å². The van der Waals surface area contributed by atoms with Crippen LogP contribution < -0.4 is 11.1 Å². The first-order valence-corrected chi connectivity index (χ1v) is 3.31. The molecule has 1 fully saturated rings. The molecule has 4 heteroatoms. The summed E-state index contributed by atoms with van der Waals surface area (Å²) in [6.45, 7) is 1.04. The minimum atomic E-state index is -0.200. The zero-order valence-corrected chi connectivity index (χ0v) is 6.62. The van der Waals surface area contributed by atoms with Crippen molar-refractivity contribution in [3.8, 4) is 0 Å². The normalized spacial score (nSPS) is 23.8. The van der Waals surface area contributed by atoms with E-state index in [1.807, 2.05) is 0 Å². The van der Waals surface area contributed by atoms with Gasteiger partial charge in [0.05, 0.1) is 0 Å². The minimum Gasteiger partial charge on any atom is -0.370 e. The summed E-state index contributed by atoms with van der Waals surface area (Å²) in [7, 11) is 0. The number of amides is 1. The highest BCUT2D eigenvalue weighted by Gasteiger charge is 2.15. The zero-order chi connectivity index (χ0) is 6.69. The summed E-state index contributed by atoms with van der Waals surface area (Å²) >= 11 is 0. The van der Waals surface area contributed by atoms with Crippen LogP contribution in [-0.2, 0) is 4.79 Å². The Kier molecular flexibility index (Phi) is 4.40. The summed E-state index contributed by atoms with van der Waals surface area (Å²) in [6, 6.07) is 0.363. The van der Waals surface area contributed by atoms with Gasteiger partial charge < -0.3 is 11.1 Å². The summed E-state index contributed by atoms with van der Waals surface area (Å²) in [5.74, 6) is -0.200. The highest BCUT2D eigenvalue weighted by atomic mass is 35.5. The molecule has 1 aliphatic rings. The molecule has 1 amide bonds. The van der Waals surface area contributed by atoms with Gasteiger partial charge in [0.1, 0.15) is 0 Å². The number of nitrogens with two attached hydrogens (primary N) is 1. The Morgan fingerprint density at radius 3 is 2.80 bits per heavy atom. The van der Waals surface area contributed by atoms with Gasteiger partial charge in [0.2, 0.25) is 5.91 Å². The second kappa shape index (κ2) is 4.52. The third-order valence-corrected chi connectivity index (χ3v) is 1.61. The van der Waals surface area contributed by atoms with Gasteiger partial charge in [-0.1, -0.05) is 0 Å². The van der Waals surface area contributed by atoms with Crippen molar-refractivity contribution in [3.05, 3.63) is 0 Å². The lowest BCUT2D eigenvalue weighted by Crippen LogP contribution is -2.27. The van der Waals surface area contributed by atoms with E-state index in [0.29, 0.717) is 12.5 Å². The van der Waals surface area contributed by atoms with Crippen molar-refractivity contribution in [3.63, 3.8) is 0 Å². The number of primary amides is 1. The Morgan fingerprint density at radius 2 is 2.40 bits per heavy atom. The van der Waals surface area contributed by atoms with Gasteiger partial charge in [0, 0.05) is 12.5 Å². The molecule has 1 heterocycles. The SMILES string of the molecule is Cl.NC(=O)C[C@@H]1CCCN1. The van der Waals surface area contributed by atoms with Crippen LogP contribution in [0.2, 0.25) is 0 Å². The Labute approximate surface area is 66.8 Å². The van der Waals surface area contributed by atoms with Gasteiger partial charge in [-0.05, 0) is 19.4 Å². The van der Waals surface area contributed by atoms with E-state index in [4.69, 9.17) is 5.73 Å². The van der Waals surface area contributed by atoms with Crippen LogP contribution in [-0.4, -0.2) is 18.5 Å². The van der Waals surface area contributed by atoms with Crippen LogP contribution in [0.5, 0.6) is 0 Å². The zero-order valence-electron chi connectivity index (χ0n) is 5.80. The van der Waals surface area contributed by atoms with E-state index in [0.717, 1.165) is 13.0 Å². The third kappa shape index (κ3) is 3.03. The van der Waals surface area contributed by atoms with Crippen molar-refractivity contribution in [2.45, 2.75) is 25.3 Å². The molecule has 0 bridgehead atoms. The van der Waals surface area contributed by atoms with Crippen LogP contribution in [0.25, 0.3) is 0 Å². The molecular weight excluding hydrogens is 152 g/mol. The standard InChI is InChI=1S/C6H12N2O.ClH/c7-6(9)4-5-2-1-3-8-5;/h5,8H,1-4H2,(H2,7,9);1H/t5-;/m0./s1. The van der Waals surface area contributed by atoms with Crippen molar-refractivity contribution in [2.75, 3.05) is 6.54 Å². The largest absolute Gasteiger partial charge is 0.370 e. The number of halogens is 1. The number of carbonyl (C=O) groups is 1. The van der Waals surface area contributed by atoms with E-state index in [2.05, 4.69) is 5.32 Å². The summed E-state index contributed by atoms with van der Waals surface area (Å²) in [5, 5.41) is 3.19. The summed E-state index contributed by atoms with van der Waals surface area (Å²) in [4.78, 5) is 10.3. The molecule has 0 aromatic carbocycles. The highest BCUT2D eigenvalue weighted by Crippen LogP contribution is 2.07. The topological polar surface area (TPSA) is 55.1 Å². The molecule has 1 aliphatic heterocycles. The second-order valence-corrected chi connectivity index (χ2v) is 2.46. The Hall–Kier alpha value is -0.280. The number of rotatable bonds is 2. The Morgan fingerprint density at radius 1 is 1.70 bits per heavy atom. The smallest absolute Gasteiger partial charge is 0.218 e. The highest BCUT2D eigenvalue weighted by molar-refractivity contribution is 5.85. The fraction of sp³-hybridized carbons (Fsp3) is 0.833. The summed E-state index contributed by atoms with van der Waals surface area (Å²) in [5.41, 5.74) is 4.99. The maximum atomic E-state index is 10.3. The predicted molar refractivity (Wildman–Crippen MR) is 42.1 cm³/mol. The van der Waals surface area contributed by atoms with Crippen molar-refractivity contribution < 1.29 is 4.79 Å². The maximum absolute atomic E-state index is 10.3. The van der Waals surface area contributed by atoms with Gasteiger partial charge in [-0.3, -0.25) is 4.79 Å². The molecule has 3 nitrogen and oxygen atoms in total. The average Bonchev–Trinajstić information content (AvgIpc) is 2.15. The third-order valence-electron chi connectivity index (χ3n) is 1.61. The first kappa shape index (κ1) is 9.72. The van der Waals surface area contributed by atoms with Gasteiger partial charge in [-0.25, -0.2) is 0 Å². The van der Waals surface area contributed by atoms with Crippen molar-refractivity contribution in [2.24, 2.45) is 5.73 Å². The molecule has 0 aliphatic carbocycles. The van der Waals surface area contributed by atoms with E-state index in [1.165, 1.54) is 6.42 Å². The number of hydrogen-bond acceptors (Lipinski definition) is 2. The molecule has 1 saturated heterocycles.